The molecule has 208 valence electrons. The van der Waals surface area contributed by atoms with Crippen molar-refractivity contribution in [1.82, 2.24) is 0 Å². The molecule has 1 heterocycles. The Bertz CT molecular complexity index is 1530. The van der Waals surface area contributed by atoms with Crippen LogP contribution in [0, 0.1) is 11.6 Å². The molecule has 0 spiro atoms. The molecule has 0 unspecified atom stereocenters. The van der Waals surface area contributed by atoms with E-state index >= 15 is 0 Å². The number of hydrogen-bond acceptors (Lipinski definition) is 2. The Morgan fingerprint density at radius 3 is 1.52 bits per heavy atom. The molecule has 5 rings (SSSR count). The standard InChI is InChI=1S/C35H36BrF2NO/c1-33(2,3)21-17-27-31(29(36)19-21)40-32-28(35(27,7)8)18-22(34(4,5)6)20-30(32)39(25-13-9-23(37)10-14-25)26-15-11-24(38)12-16-26/h9-20H,1-8H3. The van der Waals surface area contributed by atoms with Crippen molar-refractivity contribution in [3.8, 4) is 11.5 Å². The highest BCUT2D eigenvalue weighted by Gasteiger charge is 2.40. The summed E-state index contributed by atoms with van der Waals surface area (Å²) in [5.41, 5.74) is 6.27. The summed E-state index contributed by atoms with van der Waals surface area (Å²) < 4.78 is 35.8. The summed E-state index contributed by atoms with van der Waals surface area (Å²) in [6, 6.07) is 21.5. The summed E-state index contributed by atoms with van der Waals surface area (Å²) in [7, 11) is 0. The number of halogens is 3. The summed E-state index contributed by atoms with van der Waals surface area (Å²) in [5, 5.41) is 0. The Kier molecular flexibility index (Phi) is 6.89. The van der Waals surface area contributed by atoms with Gasteiger partial charge in [0.1, 0.15) is 17.4 Å². The van der Waals surface area contributed by atoms with E-state index in [0.29, 0.717) is 0 Å². The topological polar surface area (TPSA) is 12.5 Å². The summed E-state index contributed by atoms with van der Waals surface area (Å²) in [6.45, 7) is 17.7. The number of anilines is 3. The quantitative estimate of drug-likeness (QED) is 0.231. The van der Waals surface area contributed by atoms with Gasteiger partial charge in [0, 0.05) is 27.9 Å². The highest BCUT2D eigenvalue weighted by Crippen LogP contribution is 2.57. The van der Waals surface area contributed by atoms with Crippen LogP contribution < -0.4 is 9.64 Å². The SMILES string of the molecule is CC(C)(C)c1cc(Br)c2c(c1)C(C)(C)c1cc(C(C)(C)C)cc(N(c3ccc(F)cc3)c3ccc(F)cc3)c1O2. The van der Waals surface area contributed by atoms with E-state index in [1.165, 1.54) is 29.8 Å². The second-order valence-electron chi connectivity index (χ2n) is 13.2. The molecule has 4 aromatic rings. The molecule has 0 bridgehead atoms. The highest BCUT2D eigenvalue weighted by molar-refractivity contribution is 9.10. The van der Waals surface area contributed by atoms with Crippen LogP contribution >= 0.6 is 15.9 Å². The largest absolute Gasteiger partial charge is 0.453 e. The van der Waals surface area contributed by atoms with Crippen molar-refractivity contribution in [3.05, 3.63) is 111 Å². The third-order valence-corrected chi connectivity index (χ3v) is 8.40. The predicted molar refractivity (Wildman–Crippen MR) is 165 cm³/mol. The van der Waals surface area contributed by atoms with E-state index < -0.39 is 0 Å². The molecule has 0 saturated carbocycles. The van der Waals surface area contributed by atoms with E-state index in [9.17, 15) is 8.78 Å². The molecule has 0 radical (unpaired) electrons. The summed E-state index contributed by atoms with van der Waals surface area (Å²) in [4.78, 5) is 2.02. The average molecular weight is 605 g/mol. The van der Waals surface area contributed by atoms with E-state index in [0.717, 1.165) is 49.7 Å². The molecule has 0 amide bonds. The van der Waals surface area contributed by atoms with Crippen molar-refractivity contribution in [3.63, 3.8) is 0 Å². The van der Waals surface area contributed by atoms with Crippen LogP contribution in [-0.2, 0) is 16.2 Å². The smallest absolute Gasteiger partial charge is 0.155 e. The summed E-state index contributed by atoms with van der Waals surface area (Å²) in [5.74, 6) is 0.869. The molecule has 40 heavy (non-hydrogen) atoms. The van der Waals surface area contributed by atoms with Crippen molar-refractivity contribution in [2.45, 2.75) is 71.6 Å². The van der Waals surface area contributed by atoms with Gasteiger partial charge in [-0.15, -0.1) is 0 Å². The molecule has 5 heteroatoms. The first-order chi connectivity index (χ1) is 18.6. The Morgan fingerprint density at radius 1 is 0.650 bits per heavy atom. The second-order valence-corrected chi connectivity index (χ2v) is 14.1. The fourth-order valence-corrected chi connectivity index (χ4v) is 5.77. The average Bonchev–Trinajstić information content (AvgIpc) is 2.86. The molecule has 0 fully saturated rings. The molecule has 0 aromatic heterocycles. The van der Waals surface area contributed by atoms with E-state index in [2.05, 4.69) is 95.6 Å². The Morgan fingerprint density at radius 2 is 1.07 bits per heavy atom. The fraction of sp³-hybridized carbons (Fsp3) is 0.314. The summed E-state index contributed by atoms with van der Waals surface area (Å²) in [6.07, 6.45) is 0. The van der Waals surface area contributed by atoms with Gasteiger partial charge in [-0.05, 0) is 98.6 Å². The van der Waals surface area contributed by atoms with Crippen LogP contribution in [0.1, 0.15) is 77.6 Å². The lowest BCUT2D eigenvalue weighted by molar-refractivity contribution is 0.413. The monoisotopic (exact) mass is 603 g/mol. The second kappa shape index (κ2) is 9.73. The first kappa shape index (κ1) is 28.4. The maximum absolute atomic E-state index is 14.0. The first-order valence-electron chi connectivity index (χ1n) is 13.6. The van der Waals surface area contributed by atoms with Crippen molar-refractivity contribution in [2.24, 2.45) is 0 Å². The van der Waals surface area contributed by atoms with Crippen molar-refractivity contribution in [1.29, 1.82) is 0 Å². The fourth-order valence-electron chi connectivity index (χ4n) is 5.23. The maximum atomic E-state index is 14.0. The number of rotatable bonds is 3. The van der Waals surface area contributed by atoms with Crippen molar-refractivity contribution in [2.75, 3.05) is 4.90 Å². The number of fused-ring (bicyclic) bond motifs is 2. The third-order valence-electron chi connectivity index (χ3n) is 7.81. The molecular formula is C35H36BrF2NO. The van der Waals surface area contributed by atoms with E-state index in [4.69, 9.17) is 4.74 Å². The predicted octanol–water partition coefficient (Wildman–Crippen LogP) is 11.2. The Hall–Kier alpha value is -3.18. The van der Waals surface area contributed by atoms with Crippen molar-refractivity contribution < 1.29 is 13.5 Å². The highest BCUT2D eigenvalue weighted by atomic mass is 79.9. The van der Waals surface area contributed by atoms with Gasteiger partial charge in [0.05, 0.1) is 10.2 Å². The molecule has 4 aromatic carbocycles. The Balaban J connectivity index is 1.84. The van der Waals surface area contributed by atoms with Gasteiger partial charge in [-0.1, -0.05) is 67.5 Å². The molecule has 0 N–H and O–H groups in total. The Labute approximate surface area is 245 Å². The van der Waals surface area contributed by atoms with Crippen LogP contribution in [0.15, 0.2) is 77.3 Å². The van der Waals surface area contributed by atoms with Crippen molar-refractivity contribution >= 4 is 33.0 Å². The van der Waals surface area contributed by atoms with Gasteiger partial charge >= 0.3 is 0 Å². The number of hydrogen-bond donors (Lipinski definition) is 0. The molecule has 0 saturated heterocycles. The van der Waals surface area contributed by atoms with Crippen LogP contribution in [0.4, 0.5) is 25.8 Å². The first-order valence-corrected chi connectivity index (χ1v) is 14.4. The molecule has 1 aliphatic heterocycles. The molecule has 2 nitrogen and oxygen atoms in total. The van der Waals surface area contributed by atoms with Crippen LogP contribution in [0.3, 0.4) is 0 Å². The zero-order valence-electron chi connectivity index (χ0n) is 24.4. The van der Waals surface area contributed by atoms with Gasteiger partial charge in [-0.3, -0.25) is 0 Å². The van der Waals surface area contributed by atoms with Crippen LogP contribution in [0.5, 0.6) is 11.5 Å². The molecule has 0 aliphatic carbocycles. The maximum Gasteiger partial charge on any atom is 0.155 e. The van der Waals surface area contributed by atoms with Gasteiger partial charge in [-0.2, -0.15) is 0 Å². The van der Waals surface area contributed by atoms with Crippen LogP contribution in [0.2, 0.25) is 0 Å². The molecule has 0 atom stereocenters. The van der Waals surface area contributed by atoms with Crippen LogP contribution in [-0.4, -0.2) is 0 Å². The van der Waals surface area contributed by atoms with Gasteiger partial charge in [0.25, 0.3) is 0 Å². The van der Waals surface area contributed by atoms with Gasteiger partial charge < -0.3 is 9.64 Å². The lowest BCUT2D eigenvalue weighted by Gasteiger charge is -2.40. The van der Waals surface area contributed by atoms with Gasteiger partial charge in [-0.25, -0.2) is 8.78 Å². The normalized spacial score (nSPS) is 14.3. The minimum atomic E-state index is -0.389. The van der Waals surface area contributed by atoms with Gasteiger partial charge in [0.15, 0.2) is 5.75 Å². The van der Waals surface area contributed by atoms with E-state index in [1.54, 1.807) is 24.3 Å². The zero-order valence-corrected chi connectivity index (χ0v) is 26.0. The number of nitrogens with zero attached hydrogens (tertiary/aromatic N) is 1. The van der Waals surface area contributed by atoms with Crippen LogP contribution in [0.25, 0.3) is 0 Å². The number of ether oxygens (including phenoxy) is 1. The third kappa shape index (κ3) is 5.05. The minimum Gasteiger partial charge on any atom is -0.453 e. The zero-order chi connectivity index (χ0) is 29.2. The lowest BCUT2D eigenvalue weighted by atomic mass is 9.71. The van der Waals surface area contributed by atoms with E-state index in [1.807, 2.05) is 4.90 Å². The number of benzene rings is 4. The molecular weight excluding hydrogens is 568 g/mol. The minimum absolute atomic E-state index is 0.0334. The lowest BCUT2D eigenvalue weighted by Crippen LogP contribution is -2.28. The van der Waals surface area contributed by atoms with E-state index in [-0.39, 0.29) is 27.9 Å². The summed E-state index contributed by atoms with van der Waals surface area (Å²) >= 11 is 3.82. The van der Waals surface area contributed by atoms with Gasteiger partial charge in [0.2, 0.25) is 0 Å². The molecule has 1 aliphatic rings.